The van der Waals surface area contributed by atoms with Gasteiger partial charge in [0, 0.05) is 38.3 Å². The Morgan fingerprint density at radius 1 is 1.25 bits per heavy atom. The number of hydrogen-bond donors (Lipinski definition) is 1. The second-order valence-corrected chi connectivity index (χ2v) is 7.11. The van der Waals surface area contributed by atoms with Crippen molar-refractivity contribution in [1.82, 2.24) is 10.1 Å². The van der Waals surface area contributed by atoms with Crippen molar-refractivity contribution in [2.45, 2.75) is 18.9 Å². The second kappa shape index (κ2) is 8.20. The lowest BCUT2D eigenvalue weighted by Crippen LogP contribution is -2.48. The zero-order chi connectivity index (χ0) is 19.5. The summed E-state index contributed by atoms with van der Waals surface area (Å²) in [6.07, 6.45) is 2.04. The number of anilines is 1. The van der Waals surface area contributed by atoms with Crippen molar-refractivity contribution >= 4 is 11.7 Å². The number of rotatable bonds is 5. The standard InChI is InChI=1S/C20H26N4O4/c1-26-15-6-4-14(5-7-15)18-17(19(22-28-18)23-8-2-3-9-23)20(25)24-10-11-27-16(12-21)13-24/h4-7,16H,2-3,8-13,21H2,1H3. The molecule has 2 saturated heterocycles. The molecule has 1 aromatic carbocycles. The summed E-state index contributed by atoms with van der Waals surface area (Å²) in [7, 11) is 1.62. The predicted octanol–water partition coefficient (Wildman–Crippen LogP) is 1.75. The number of amides is 1. The van der Waals surface area contributed by atoms with Crippen molar-refractivity contribution in [1.29, 1.82) is 0 Å². The maximum atomic E-state index is 13.5. The summed E-state index contributed by atoms with van der Waals surface area (Å²) in [6.45, 7) is 3.63. The van der Waals surface area contributed by atoms with Gasteiger partial charge in [-0.1, -0.05) is 5.16 Å². The summed E-state index contributed by atoms with van der Waals surface area (Å²) in [6, 6.07) is 7.46. The van der Waals surface area contributed by atoms with Gasteiger partial charge in [0.25, 0.3) is 5.91 Å². The van der Waals surface area contributed by atoms with Gasteiger partial charge in [0.2, 0.25) is 0 Å². The molecule has 1 aromatic heterocycles. The number of nitrogens with zero attached hydrogens (tertiary/aromatic N) is 3. The summed E-state index contributed by atoms with van der Waals surface area (Å²) in [5.41, 5.74) is 7.06. The largest absolute Gasteiger partial charge is 0.497 e. The molecule has 4 rings (SSSR count). The molecule has 8 heteroatoms. The molecule has 28 heavy (non-hydrogen) atoms. The van der Waals surface area contributed by atoms with Gasteiger partial charge in [-0.3, -0.25) is 4.79 Å². The molecule has 1 atom stereocenters. The monoisotopic (exact) mass is 386 g/mol. The van der Waals surface area contributed by atoms with Gasteiger partial charge in [-0.25, -0.2) is 0 Å². The second-order valence-electron chi connectivity index (χ2n) is 7.11. The molecule has 0 radical (unpaired) electrons. The first-order valence-electron chi connectivity index (χ1n) is 9.71. The molecule has 0 saturated carbocycles. The number of morpholine rings is 1. The Bertz CT molecular complexity index is 814. The fourth-order valence-electron chi connectivity index (χ4n) is 3.76. The maximum Gasteiger partial charge on any atom is 0.261 e. The number of aromatic nitrogens is 1. The van der Waals surface area contributed by atoms with Crippen molar-refractivity contribution < 1.29 is 18.8 Å². The highest BCUT2D eigenvalue weighted by Gasteiger charge is 2.33. The highest BCUT2D eigenvalue weighted by Crippen LogP contribution is 2.35. The van der Waals surface area contributed by atoms with Crippen molar-refractivity contribution in [2.24, 2.45) is 5.73 Å². The van der Waals surface area contributed by atoms with Crippen molar-refractivity contribution in [3.63, 3.8) is 0 Å². The topological polar surface area (TPSA) is 94.1 Å². The van der Waals surface area contributed by atoms with Crippen LogP contribution in [0.5, 0.6) is 5.75 Å². The third-order valence-electron chi connectivity index (χ3n) is 5.33. The van der Waals surface area contributed by atoms with E-state index in [1.165, 1.54) is 0 Å². The summed E-state index contributed by atoms with van der Waals surface area (Å²) in [5.74, 6) is 1.78. The molecular weight excluding hydrogens is 360 g/mol. The number of benzene rings is 1. The van der Waals surface area contributed by atoms with E-state index in [-0.39, 0.29) is 12.0 Å². The minimum atomic E-state index is -0.141. The van der Waals surface area contributed by atoms with E-state index in [0.29, 0.717) is 43.4 Å². The smallest absolute Gasteiger partial charge is 0.261 e. The van der Waals surface area contributed by atoms with Gasteiger partial charge in [-0.05, 0) is 37.1 Å². The number of ether oxygens (including phenoxy) is 2. The van der Waals surface area contributed by atoms with E-state index in [4.69, 9.17) is 19.7 Å². The molecular formula is C20H26N4O4. The van der Waals surface area contributed by atoms with Gasteiger partial charge < -0.3 is 29.5 Å². The maximum absolute atomic E-state index is 13.5. The Hall–Kier alpha value is -2.58. The zero-order valence-corrected chi connectivity index (χ0v) is 16.1. The minimum Gasteiger partial charge on any atom is -0.497 e. The Morgan fingerprint density at radius 3 is 2.68 bits per heavy atom. The molecule has 0 aliphatic carbocycles. The van der Waals surface area contributed by atoms with Crippen molar-refractivity contribution in [2.75, 3.05) is 51.3 Å². The van der Waals surface area contributed by atoms with Gasteiger partial charge in [0.1, 0.15) is 11.3 Å². The van der Waals surface area contributed by atoms with Gasteiger partial charge >= 0.3 is 0 Å². The molecule has 2 aliphatic heterocycles. The average molecular weight is 386 g/mol. The van der Waals surface area contributed by atoms with Crippen LogP contribution in [0, 0.1) is 0 Å². The lowest BCUT2D eigenvalue weighted by molar-refractivity contribution is -0.0167. The first-order valence-corrected chi connectivity index (χ1v) is 9.71. The highest BCUT2D eigenvalue weighted by atomic mass is 16.5. The minimum absolute atomic E-state index is 0.0873. The van der Waals surface area contributed by atoms with E-state index in [2.05, 4.69) is 10.1 Å². The molecule has 150 valence electrons. The van der Waals surface area contributed by atoms with Crippen LogP contribution >= 0.6 is 0 Å². The number of nitrogens with two attached hydrogens (primary N) is 1. The molecule has 2 fully saturated rings. The van der Waals surface area contributed by atoms with Gasteiger partial charge in [0.15, 0.2) is 11.6 Å². The molecule has 1 unspecified atom stereocenters. The molecule has 3 heterocycles. The molecule has 2 aliphatic rings. The number of methoxy groups -OCH3 is 1. The van der Waals surface area contributed by atoms with Crippen LogP contribution < -0.4 is 15.4 Å². The summed E-state index contributed by atoms with van der Waals surface area (Å²) < 4.78 is 16.5. The lowest BCUT2D eigenvalue weighted by Gasteiger charge is -2.32. The van der Waals surface area contributed by atoms with Crippen LogP contribution in [0.4, 0.5) is 5.82 Å². The third kappa shape index (κ3) is 3.57. The first kappa shape index (κ1) is 18.8. The number of carbonyl (C=O) groups is 1. The summed E-state index contributed by atoms with van der Waals surface area (Å²) in [4.78, 5) is 17.4. The number of hydrogen-bond acceptors (Lipinski definition) is 7. The zero-order valence-electron chi connectivity index (χ0n) is 16.1. The van der Waals surface area contributed by atoms with Gasteiger partial charge in [0.05, 0.1) is 19.8 Å². The van der Waals surface area contributed by atoms with Crippen LogP contribution in [-0.2, 0) is 4.74 Å². The molecule has 2 N–H and O–H groups in total. The quantitative estimate of drug-likeness (QED) is 0.837. The first-order chi connectivity index (χ1) is 13.7. The van der Waals surface area contributed by atoms with E-state index in [1.54, 1.807) is 12.0 Å². The van der Waals surface area contributed by atoms with E-state index < -0.39 is 0 Å². The number of carbonyl (C=O) groups excluding carboxylic acids is 1. The van der Waals surface area contributed by atoms with E-state index >= 15 is 0 Å². The van der Waals surface area contributed by atoms with Crippen LogP contribution in [0.3, 0.4) is 0 Å². The Balaban J connectivity index is 1.71. The van der Waals surface area contributed by atoms with Crippen LogP contribution in [0.1, 0.15) is 23.2 Å². The molecule has 8 nitrogen and oxygen atoms in total. The van der Waals surface area contributed by atoms with Gasteiger partial charge in [-0.15, -0.1) is 0 Å². The normalized spacial score (nSPS) is 19.9. The Morgan fingerprint density at radius 2 is 2.00 bits per heavy atom. The van der Waals surface area contributed by atoms with E-state index in [0.717, 1.165) is 37.2 Å². The fourth-order valence-corrected chi connectivity index (χ4v) is 3.76. The Kier molecular flexibility index (Phi) is 5.50. The highest BCUT2D eigenvalue weighted by molar-refractivity contribution is 6.04. The molecule has 0 bridgehead atoms. The summed E-state index contributed by atoms with van der Waals surface area (Å²) in [5, 5.41) is 4.29. The molecule has 1 amide bonds. The summed E-state index contributed by atoms with van der Waals surface area (Å²) >= 11 is 0. The van der Waals surface area contributed by atoms with Crippen LogP contribution in [0.2, 0.25) is 0 Å². The SMILES string of the molecule is COc1ccc(-c2onc(N3CCCC3)c2C(=O)N2CCOC(CN)C2)cc1. The van der Waals surface area contributed by atoms with Crippen LogP contribution in [-0.4, -0.2) is 68.5 Å². The molecule has 2 aromatic rings. The Labute approximate surface area is 164 Å². The van der Waals surface area contributed by atoms with Crippen molar-refractivity contribution in [3.05, 3.63) is 29.8 Å². The van der Waals surface area contributed by atoms with Crippen LogP contribution in [0.15, 0.2) is 28.8 Å². The molecule has 0 spiro atoms. The lowest BCUT2D eigenvalue weighted by atomic mass is 10.1. The average Bonchev–Trinajstić information content (AvgIpc) is 3.43. The van der Waals surface area contributed by atoms with Crippen LogP contribution in [0.25, 0.3) is 11.3 Å². The fraction of sp³-hybridized carbons (Fsp3) is 0.500. The predicted molar refractivity (Wildman–Crippen MR) is 105 cm³/mol. The van der Waals surface area contributed by atoms with Gasteiger partial charge in [-0.2, -0.15) is 0 Å². The van der Waals surface area contributed by atoms with Crippen molar-refractivity contribution in [3.8, 4) is 17.1 Å². The third-order valence-corrected chi connectivity index (χ3v) is 5.33. The van der Waals surface area contributed by atoms with E-state index in [9.17, 15) is 4.79 Å². The van der Waals surface area contributed by atoms with E-state index in [1.807, 2.05) is 24.3 Å².